The Morgan fingerprint density at radius 3 is 2.56 bits per heavy atom. The third-order valence-electron chi connectivity index (χ3n) is 2.29. The number of halogens is 1. The monoisotopic (exact) mass is 278 g/mol. The van der Waals surface area contributed by atoms with Crippen LogP contribution < -0.4 is 5.43 Å². The first-order chi connectivity index (χ1) is 8.66. The molecule has 1 aromatic carbocycles. The number of rotatable bonds is 3. The molecule has 1 amide bonds. The first-order valence-corrected chi connectivity index (χ1v) is 6.51. The van der Waals surface area contributed by atoms with E-state index < -0.39 is 0 Å². The van der Waals surface area contributed by atoms with Gasteiger partial charge in [-0.15, -0.1) is 11.3 Å². The Kier molecular flexibility index (Phi) is 4.12. The first-order valence-electron chi connectivity index (χ1n) is 5.32. The van der Waals surface area contributed by atoms with Crippen LogP contribution in [0.25, 0.3) is 0 Å². The summed E-state index contributed by atoms with van der Waals surface area (Å²) in [6.45, 7) is 1.83. The van der Waals surface area contributed by atoms with E-state index in [4.69, 9.17) is 11.6 Å². The zero-order valence-corrected chi connectivity index (χ0v) is 11.3. The van der Waals surface area contributed by atoms with Crippen molar-refractivity contribution in [1.29, 1.82) is 0 Å². The lowest BCUT2D eigenvalue weighted by Crippen LogP contribution is -2.18. The normalized spacial score (nSPS) is 11.3. The van der Waals surface area contributed by atoms with Gasteiger partial charge in [-0.1, -0.05) is 29.8 Å². The van der Waals surface area contributed by atoms with Gasteiger partial charge in [0, 0.05) is 5.56 Å². The average Bonchev–Trinajstić information content (AvgIpc) is 2.83. The minimum atomic E-state index is -0.224. The molecule has 0 fully saturated rings. The van der Waals surface area contributed by atoms with E-state index in [1.165, 1.54) is 11.3 Å². The minimum Gasteiger partial charge on any atom is -0.267 e. The fourth-order valence-electron chi connectivity index (χ4n) is 1.35. The van der Waals surface area contributed by atoms with E-state index in [1.54, 1.807) is 18.2 Å². The Labute approximate surface area is 114 Å². The molecule has 1 N–H and O–H groups in total. The number of nitrogens with one attached hydrogen (secondary N) is 1. The van der Waals surface area contributed by atoms with E-state index in [0.29, 0.717) is 9.90 Å². The zero-order chi connectivity index (χ0) is 13.0. The Hall–Kier alpha value is -1.65. The molecule has 2 rings (SSSR count). The van der Waals surface area contributed by atoms with Gasteiger partial charge in [0.15, 0.2) is 0 Å². The Bertz CT molecular complexity index is 578. The van der Waals surface area contributed by atoms with Crippen LogP contribution in [0, 0.1) is 0 Å². The van der Waals surface area contributed by atoms with Gasteiger partial charge in [0.05, 0.1) is 14.9 Å². The van der Waals surface area contributed by atoms with E-state index in [9.17, 15) is 4.79 Å². The highest BCUT2D eigenvalue weighted by molar-refractivity contribution is 7.18. The molecule has 0 aliphatic heterocycles. The molecule has 92 valence electrons. The Balaban J connectivity index is 2.05. The van der Waals surface area contributed by atoms with Crippen molar-refractivity contribution in [2.24, 2.45) is 5.10 Å². The lowest BCUT2D eigenvalue weighted by molar-refractivity contribution is 0.0955. The van der Waals surface area contributed by atoms with Gasteiger partial charge in [0.1, 0.15) is 0 Å². The Morgan fingerprint density at radius 2 is 1.94 bits per heavy atom. The second-order valence-electron chi connectivity index (χ2n) is 3.61. The van der Waals surface area contributed by atoms with Gasteiger partial charge in [0.2, 0.25) is 0 Å². The molecule has 2 aromatic rings. The number of hydrazone groups is 1. The number of benzene rings is 1. The summed E-state index contributed by atoms with van der Waals surface area (Å²) in [4.78, 5) is 12.7. The van der Waals surface area contributed by atoms with E-state index in [-0.39, 0.29) is 5.91 Å². The summed E-state index contributed by atoms with van der Waals surface area (Å²) < 4.78 is 0.703. The van der Waals surface area contributed by atoms with Gasteiger partial charge in [-0.2, -0.15) is 5.10 Å². The van der Waals surface area contributed by atoms with Crippen LogP contribution in [0.15, 0.2) is 47.6 Å². The first kappa shape index (κ1) is 12.8. The minimum absolute atomic E-state index is 0.224. The van der Waals surface area contributed by atoms with E-state index >= 15 is 0 Å². The fraction of sp³-hybridized carbons (Fsp3) is 0.0769. The van der Waals surface area contributed by atoms with Gasteiger partial charge in [-0.05, 0) is 31.2 Å². The van der Waals surface area contributed by atoms with Gasteiger partial charge in [-0.3, -0.25) is 4.79 Å². The maximum Gasteiger partial charge on any atom is 0.271 e. The number of amides is 1. The summed E-state index contributed by atoms with van der Waals surface area (Å²) in [7, 11) is 0. The van der Waals surface area contributed by atoms with Crippen molar-refractivity contribution in [3.05, 3.63) is 57.2 Å². The number of nitrogens with zero attached hydrogens (tertiary/aromatic N) is 1. The molecule has 18 heavy (non-hydrogen) atoms. The molecule has 0 unspecified atom stereocenters. The van der Waals surface area contributed by atoms with Crippen LogP contribution in [0.5, 0.6) is 0 Å². The van der Waals surface area contributed by atoms with E-state index in [1.807, 2.05) is 31.2 Å². The number of hydrogen-bond acceptors (Lipinski definition) is 3. The Morgan fingerprint density at radius 1 is 1.22 bits per heavy atom. The van der Waals surface area contributed by atoms with Gasteiger partial charge < -0.3 is 0 Å². The highest BCUT2D eigenvalue weighted by atomic mass is 35.5. The molecule has 5 heteroatoms. The van der Waals surface area contributed by atoms with Gasteiger partial charge >= 0.3 is 0 Å². The standard InChI is InChI=1S/C13H11ClN2OS/c1-9(11-7-8-12(14)18-11)15-16-13(17)10-5-3-2-4-6-10/h2-8H,1H3,(H,16,17)/b15-9-. The lowest BCUT2D eigenvalue weighted by atomic mass is 10.2. The molecule has 0 atom stereocenters. The number of thiophene rings is 1. The van der Waals surface area contributed by atoms with Crippen molar-refractivity contribution in [2.75, 3.05) is 0 Å². The van der Waals surface area contributed by atoms with Crippen LogP contribution >= 0.6 is 22.9 Å². The van der Waals surface area contributed by atoms with E-state index in [2.05, 4.69) is 10.5 Å². The average molecular weight is 279 g/mol. The molecule has 0 bridgehead atoms. The van der Waals surface area contributed by atoms with Gasteiger partial charge in [-0.25, -0.2) is 5.43 Å². The molecule has 0 spiro atoms. The van der Waals surface area contributed by atoms with Crippen molar-refractivity contribution in [2.45, 2.75) is 6.92 Å². The molecular formula is C13H11ClN2OS. The molecule has 0 radical (unpaired) electrons. The zero-order valence-electron chi connectivity index (χ0n) is 9.68. The molecule has 0 saturated carbocycles. The SMILES string of the molecule is C/C(=N/NC(=O)c1ccccc1)c1ccc(Cl)s1. The molecule has 0 saturated heterocycles. The quantitative estimate of drug-likeness (QED) is 0.677. The smallest absolute Gasteiger partial charge is 0.267 e. The maximum absolute atomic E-state index is 11.7. The third kappa shape index (κ3) is 3.18. The molecule has 1 aromatic heterocycles. The fourth-order valence-corrected chi connectivity index (χ4v) is 2.34. The van der Waals surface area contributed by atoms with Gasteiger partial charge in [0.25, 0.3) is 5.91 Å². The number of carbonyl (C=O) groups is 1. The largest absolute Gasteiger partial charge is 0.271 e. The van der Waals surface area contributed by atoms with Crippen LogP contribution in [0.1, 0.15) is 22.2 Å². The topological polar surface area (TPSA) is 41.5 Å². The van der Waals surface area contributed by atoms with Crippen molar-refractivity contribution in [3.8, 4) is 0 Å². The molecule has 0 aliphatic rings. The highest BCUT2D eigenvalue weighted by Gasteiger charge is 2.05. The third-order valence-corrected chi connectivity index (χ3v) is 3.63. The van der Waals surface area contributed by atoms with Crippen LogP contribution in [-0.4, -0.2) is 11.6 Å². The highest BCUT2D eigenvalue weighted by Crippen LogP contribution is 2.21. The lowest BCUT2D eigenvalue weighted by Gasteiger charge is -2.00. The molecule has 0 aliphatic carbocycles. The number of hydrogen-bond donors (Lipinski definition) is 1. The second-order valence-corrected chi connectivity index (χ2v) is 5.32. The summed E-state index contributed by atoms with van der Waals surface area (Å²) >= 11 is 7.27. The summed E-state index contributed by atoms with van der Waals surface area (Å²) in [5, 5.41) is 4.05. The predicted molar refractivity (Wildman–Crippen MR) is 75.4 cm³/mol. The number of carbonyl (C=O) groups excluding carboxylic acids is 1. The van der Waals surface area contributed by atoms with Crippen LogP contribution in [0.2, 0.25) is 4.34 Å². The summed E-state index contributed by atoms with van der Waals surface area (Å²) in [5.41, 5.74) is 3.83. The van der Waals surface area contributed by atoms with Crippen molar-refractivity contribution in [3.63, 3.8) is 0 Å². The molecular weight excluding hydrogens is 268 g/mol. The second kappa shape index (κ2) is 5.80. The van der Waals surface area contributed by atoms with Crippen molar-refractivity contribution < 1.29 is 4.79 Å². The molecule has 1 heterocycles. The van der Waals surface area contributed by atoms with Crippen LogP contribution in [0.3, 0.4) is 0 Å². The maximum atomic E-state index is 11.7. The van der Waals surface area contributed by atoms with Crippen LogP contribution in [0.4, 0.5) is 0 Å². The molecule has 3 nitrogen and oxygen atoms in total. The summed E-state index contributed by atoms with van der Waals surface area (Å²) in [6.07, 6.45) is 0. The summed E-state index contributed by atoms with van der Waals surface area (Å²) in [5.74, 6) is -0.224. The van der Waals surface area contributed by atoms with Crippen molar-refractivity contribution in [1.82, 2.24) is 5.43 Å². The van der Waals surface area contributed by atoms with Crippen molar-refractivity contribution >= 4 is 34.6 Å². The summed E-state index contributed by atoms with van der Waals surface area (Å²) in [6, 6.07) is 12.6. The predicted octanol–water partition coefficient (Wildman–Crippen LogP) is 3.56. The van der Waals surface area contributed by atoms with Crippen LogP contribution in [-0.2, 0) is 0 Å². The van der Waals surface area contributed by atoms with E-state index in [0.717, 1.165) is 10.6 Å².